The summed E-state index contributed by atoms with van der Waals surface area (Å²) in [6.45, 7) is 9.18. The molecule has 0 aliphatic heterocycles. The van der Waals surface area contributed by atoms with E-state index in [0.29, 0.717) is 24.8 Å². The standard InChI is InChI=1S/C17H28N2O/c1-12(2)8-14(11-18)9-17(20)19-16-7-5-6-15(10-16)13(3)4/h5-7,10,12-14H,8-9,11,18H2,1-4H3,(H,19,20). The highest BCUT2D eigenvalue weighted by Crippen LogP contribution is 2.20. The molecule has 0 radical (unpaired) electrons. The summed E-state index contributed by atoms with van der Waals surface area (Å²) in [5.41, 5.74) is 7.86. The molecule has 0 saturated heterocycles. The maximum Gasteiger partial charge on any atom is 0.224 e. The van der Waals surface area contributed by atoms with Gasteiger partial charge in [-0.05, 0) is 48.4 Å². The summed E-state index contributed by atoms with van der Waals surface area (Å²) in [5.74, 6) is 1.36. The van der Waals surface area contributed by atoms with Gasteiger partial charge in [-0.3, -0.25) is 4.79 Å². The van der Waals surface area contributed by atoms with Crippen molar-refractivity contribution < 1.29 is 4.79 Å². The highest BCUT2D eigenvalue weighted by Gasteiger charge is 2.14. The molecule has 112 valence electrons. The molecule has 20 heavy (non-hydrogen) atoms. The molecule has 3 nitrogen and oxygen atoms in total. The minimum absolute atomic E-state index is 0.0574. The van der Waals surface area contributed by atoms with Crippen LogP contribution in [-0.2, 0) is 4.79 Å². The molecule has 0 fully saturated rings. The zero-order valence-corrected chi connectivity index (χ0v) is 13.1. The summed E-state index contributed by atoms with van der Waals surface area (Å²) in [6, 6.07) is 8.05. The van der Waals surface area contributed by atoms with Crippen molar-refractivity contribution in [3.8, 4) is 0 Å². The van der Waals surface area contributed by atoms with Gasteiger partial charge in [0.05, 0.1) is 0 Å². The third-order valence-electron chi connectivity index (χ3n) is 3.45. The molecule has 3 heteroatoms. The third-order valence-corrected chi connectivity index (χ3v) is 3.45. The van der Waals surface area contributed by atoms with Crippen LogP contribution in [0.4, 0.5) is 5.69 Å². The zero-order chi connectivity index (χ0) is 15.1. The summed E-state index contributed by atoms with van der Waals surface area (Å²) in [6.07, 6.45) is 1.50. The van der Waals surface area contributed by atoms with Crippen molar-refractivity contribution in [2.75, 3.05) is 11.9 Å². The lowest BCUT2D eigenvalue weighted by molar-refractivity contribution is -0.117. The molecule has 1 unspecified atom stereocenters. The Balaban J connectivity index is 2.59. The van der Waals surface area contributed by atoms with Gasteiger partial charge in [-0.25, -0.2) is 0 Å². The fourth-order valence-electron chi connectivity index (χ4n) is 2.38. The first-order valence-electron chi connectivity index (χ1n) is 7.52. The molecule has 1 rings (SSSR count). The van der Waals surface area contributed by atoms with Crippen molar-refractivity contribution >= 4 is 11.6 Å². The largest absolute Gasteiger partial charge is 0.330 e. The Morgan fingerprint density at radius 2 is 1.95 bits per heavy atom. The van der Waals surface area contributed by atoms with Crippen LogP contribution in [-0.4, -0.2) is 12.5 Å². The maximum absolute atomic E-state index is 12.1. The van der Waals surface area contributed by atoms with E-state index in [1.54, 1.807) is 0 Å². The number of nitrogens with two attached hydrogens (primary N) is 1. The fourth-order valence-corrected chi connectivity index (χ4v) is 2.38. The number of hydrogen-bond acceptors (Lipinski definition) is 2. The first-order chi connectivity index (χ1) is 9.42. The van der Waals surface area contributed by atoms with E-state index in [9.17, 15) is 4.79 Å². The van der Waals surface area contributed by atoms with Crippen LogP contribution in [0.2, 0.25) is 0 Å². The van der Waals surface area contributed by atoms with Gasteiger partial charge < -0.3 is 11.1 Å². The van der Waals surface area contributed by atoms with Crippen LogP contribution in [0.5, 0.6) is 0 Å². The first kappa shape index (κ1) is 16.7. The lowest BCUT2D eigenvalue weighted by Gasteiger charge is -2.17. The molecule has 0 bridgehead atoms. The Labute approximate surface area is 122 Å². The maximum atomic E-state index is 12.1. The Morgan fingerprint density at radius 1 is 1.25 bits per heavy atom. The molecular formula is C17H28N2O. The molecule has 0 aliphatic rings. The average molecular weight is 276 g/mol. The minimum atomic E-state index is 0.0574. The van der Waals surface area contributed by atoms with Crippen molar-refractivity contribution in [2.45, 2.75) is 46.5 Å². The molecule has 1 aromatic rings. The number of carbonyl (C=O) groups is 1. The SMILES string of the molecule is CC(C)CC(CN)CC(=O)Nc1cccc(C(C)C)c1. The van der Waals surface area contributed by atoms with E-state index in [2.05, 4.69) is 39.1 Å². The van der Waals surface area contributed by atoms with Gasteiger partial charge in [-0.15, -0.1) is 0 Å². The molecule has 1 aromatic carbocycles. The van der Waals surface area contributed by atoms with Crippen LogP contribution < -0.4 is 11.1 Å². The number of anilines is 1. The van der Waals surface area contributed by atoms with Crippen LogP contribution in [0.15, 0.2) is 24.3 Å². The highest BCUT2D eigenvalue weighted by molar-refractivity contribution is 5.90. The lowest BCUT2D eigenvalue weighted by atomic mass is 9.94. The van der Waals surface area contributed by atoms with Gasteiger partial charge in [0, 0.05) is 12.1 Å². The number of benzene rings is 1. The van der Waals surface area contributed by atoms with Crippen LogP contribution in [0.25, 0.3) is 0 Å². The van der Waals surface area contributed by atoms with Crippen LogP contribution in [0, 0.1) is 11.8 Å². The summed E-state index contributed by atoms with van der Waals surface area (Å²) in [7, 11) is 0. The Hall–Kier alpha value is -1.35. The van der Waals surface area contributed by atoms with E-state index in [1.165, 1.54) is 5.56 Å². The van der Waals surface area contributed by atoms with Gasteiger partial charge in [-0.1, -0.05) is 39.8 Å². The Kier molecular flexibility index (Phi) is 6.73. The predicted molar refractivity (Wildman–Crippen MR) is 85.8 cm³/mol. The van der Waals surface area contributed by atoms with E-state index < -0.39 is 0 Å². The summed E-state index contributed by atoms with van der Waals surface area (Å²) < 4.78 is 0. The molecule has 0 aromatic heterocycles. The molecule has 0 saturated carbocycles. The minimum Gasteiger partial charge on any atom is -0.330 e. The number of hydrogen-bond donors (Lipinski definition) is 2. The smallest absolute Gasteiger partial charge is 0.224 e. The van der Waals surface area contributed by atoms with Gasteiger partial charge in [0.1, 0.15) is 0 Å². The van der Waals surface area contributed by atoms with E-state index in [1.807, 2.05) is 18.2 Å². The van der Waals surface area contributed by atoms with E-state index >= 15 is 0 Å². The molecule has 3 N–H and O–H groups in total. The van der Waals surface area contributed by atoms with Gasteiger partial charge in [0.25, 0.3) is 0 Å². The van der Waals surface area contributed by atoms with Gasteiger partial charge in [-0.2, -0.15) is 0 Å². The summed E-state index contributed by atoms with van der Waals surface area (Å²) in [4.78, 5) is 12.1. The predicted octanol–water partition coefficient (Wildman–Crippen LogP) is 3.76. The van der Waals surface area contributed by atoms with E-state index in [0.717, 1.165) is 12.1 Å². The summed E-state index contributed by atoms with van der Waals surface area (Å²) >= 11 is 0. The van der Waals surface area contributed by atoms with Crippen molar-refractivity contribution in [1.29, 1.82) is 0 Å². The van der Waals surface area contributed by atoms with Crippen LogP contribution >= 0.6 is 0 Å². The number of carbonyl (C=O) groups excluding carboxylic acids is 1. The molecule has 1 amide bonds. The Bertz CT molecular complexity index is 427. The second-order valence-electron chi connectivity index (χ2n) is 6.26. The van der Waals surface area contributed by atoms with Crippen molar-refractivity contribution in [3.63, 3.8) is 0 Å². The van der Waals surface area contributed by atoms with Crippen molar-refractivity contribution in [3.05, 3.63) is 29.8 Å². The zero-order valence-electron chi connectivity index (χ0n) is 13.1. The van der Waals surface area contributed by atoms with Gasteiger partial charge in [0.2, 0.25) is 5.91 Å². The van der Waals surface area contributed by atoms with Gasteiger partial charge in [0.15, 0.2) is 0 Å². The van der Waals surface area contributed by atoms with E-state index in [4.69, 9.17) is 5.73 Å². The lowest BCUT2D eigenvalue weighted by Crippen LogP contribution is -2.23. The topological polar surface area (TPSA) is 55.1 Å². The average Bonchev–Trinajstić information content (AvgIpc) is 2.37. The fraction of sp³-hybridized carbons (Fsp3) is 0.588. The second-order valence-corrected chi connectivity index (χ2v) is 6.26. The van der Waals surface area contributed by atoms with Crippen molar-refractivity contribution in [1.82, 2.24) is 0 Å². The second kappa shape index (κ2) is 8.05. The van der Waals surface area contributed by atoms with E-state index in [-0.39, 0.29) is 11.8 Å². The molecule has 0 aliphatic carbocycles. The number of nitrogens with one attached hydrogen (secondary N) is 1. The third kappa shape index (κ3) is 5.74. The van der Waals surface area contributed by atoms with Crippen LogP contribution in [0.1, 0.15) is 52.0 Å². The molecule has 0 heterocycles. The molecular weight excluding hydrogens is 248 g/mol. The van der Waals surface area contributed by atoms with Gasteiger partial charge >= 0.3 is 0 Å². The number of rotatable bonds is 7. The summed E-state index contributed by atoms with van der Waals surface area (Å²) in [5, 5.41) is 2.98. The monoisotopic (exact) mass is 276 g/mol. The number of amides is 1. The first-order valence-corrected chi connectivity index (χ1v) is 7.52. The van der Waals surface area contributed by atoms with Crippen LogP contribution in [0.3, 0.4) is 0 Å². The highest BCUT2D eigenvalue weighted by atomic mass is 16.1. The van der Waals surface area contributed by atoms with Crippen molar-refractivity contribution in [2.24, 2.45) is 17.6 Å². The quantitative estimate of drug-likeness (QED) is 0.796. The Morgan fingerprint density at radius 3 is 2.50 bits per heavy atom. The normalized spacial score (nSPS) is 12.8. The molecule has 1 atom stereocenters. The molecule has 0 spiro atoms.